The Balaban J connectivity index is 1.55. The molecule has 0 aliphatic carbocycles. The molecule has 2 heterocycles. The van der Waals surface area contributed by atoms with E-state index in [-0.39, 0.29) is 12.1 Å². The maximum atomic E-state index is 12.2. The molecule has 1 saturated heterocycles. The van der Waals surface area contributed by atoms with Gasteiger partial charge in [-0.25, -0.2) is 4.79 Å². The van der Waals surface area contributed by atoms with Gasteiger partial charge in [-0.3, -0.25) is 0 Å². The number of urea groups is 1. The number of carbonyl (C=O) groups is 1. The van der Waals surface area contributed by atoms with Crippen LogP contribution in [-0.4, -0.2) is 55.4 Å². The van der Waals surface area contributed by atoms with E-state index in [1.54, 1.807) is 12.0 Å². The van der Waals surface area contributed by atoms with E-state index in [4.69, 9.17) is 9.47 Å². The van der Waals surface area contributed by atoms with Crippen molar-refractivity contribution < 1.29 is 14.3 Å². The molecule has 3 rings (SSSR count). The first-order valence-electron chi connectivity index (χ1n) is 7.46. The van der Waals surface area contributed by atoms with E-state index < -0.39 is 0 Å². The van der Waals surface area contributed by atoms with E-state index in [0.29, 0.717) is 32.8 Å². The summed E-state index contributed by atoms with van der Waals surface area (Å²) >= 11 is 0. The normalized spacial score (nSPS) is 18.6. The minimum Gasteiger partial charge on any atom is -0.382 e. The minimum absolute atomic E-state index is 0.0439. The number of fused-ring (bicyclic) bond motifs is 1. The highest BCUT2D eigenvalue weighted by Crippen LogP contribution is 2.14. The number of methoxy groups -OCH3 is 1. The maximum absolute atomic E-state index is 12.2. The average molecular weight is 303 g/mol. The highest BCUT2D eigenvalue weighted by atomic mass is 16.5. The summed E-state index contributed by atoms with van der Waals surface area (Å²) in [6.45, 7) is 2.71. The molecule has 1 fully saturated rings. The number of aromatic nitrogens is 1. The first-order valence-corrected chi connectivity index (χ1v) is 7.46. The summed E-state index contributed by atoms with van der Waals surface area (Å²) in [5.74, 6) is 0. The number of benzene rings is 1. The van der Waals surface area contributed by atoms with Gasteiger partial charge in [0.2, 0.25) is 0 Å². The molecule has 2 amide bonds. The molecule has 2 aromatic rings. The molecule has 1 aromatic heterocycles. The van der Waals surface area contributed by atoms with Crippen molar-refractivity contribution >= 4 is 16.9 Å². The summed E-state index contributed by atoms with van der Waals surface area (Å²) in [5.41, 5.74) is 2.08. The van der Waals surface area contributed by atoms with Crippen LogP contribution in [0.25, 0.3) is 10.9 Å². The average Bonchev–Trinajstić information content (AvgIpc) is 2.96. The number of aromatic amines is 1. The summed E-state index contributed by atoms with van der Waals surface area (Å²) in [4.78, 5) is 17.3. The predicted octanol–water partition coefficient (Wildman–Crippen LogP) is 1.72. The maximum Gasteiger partial charge on any atom is 0.317 e. The second-order valence-corrected chi connectivity index (χ2v) is 5.43. The predicted molar refractivity (Wildman–Crippen MR) is 83.7 cm³/mol. The molecule has 1 aliphatic rings. The van der Waals surface area contributed by atoms with E-state index >= 15 is 0 Å². The standard InChI is InChI=1S/C16H21N3O3/c1-21-11-14-10-19(6-7-22-14)16(20)17-9-13-8-12-4-2-3-5-15(12)18-13/h2-5,8,14,18H,6-7,9-11H2,1H3,(H,17,20). The zero-order valence-corrected chi connectivity index (χ0v) is 12.7. The first kappa shape index (κ1) is 14.9. The number of para-hydroxylation sites is 1. The van der Waals surface area contributed by atoms with Crippen molar-refractivity contribution in [2.45, 2.75) is 12.6 Å². The molecule has 0 radical (unpaired) electrons. The van der Waals surface area contributed by atoms with Crippen molar-refractivity contribution in [3.8, 4) is 0 Å². The summed E-state index contributed by atoms with van der Waals surface area (Å²) in [6.07, 6.45) is -0.0439. The Bertz CT molecular complexity index is 605. The van der Waals surface area contributed by atoms with Gasteiger partial charge in [0.1, 0.15) is 0 Å². The monoisotopic (exact) mass is 303 g/mol. The third kappa shape index (κ3) is 3.40. The Kier molecular flexibility index (Phi) is 4.60. The third-order valence-electron chi connectivity index (χ3n) is 3.79. The van der Waals surface area contributed by atoms with Crippen molar-refractivity contribution in [3.05, 3.63) is 36.0 Å². The molecule has 1 aliphatic heterocycles. The molecule has 0 spiro atoms. The number of H-pyrrole nitrogens is 1. The van der Waals surface area contributed by atoms with Gasteiger partial charge in [-0.1, -0.05) is 18.2 Å². The number of amides is 2. The van der Waals surface area contributed by atoms with Gasteiger partial charge in [0.15, 0.2) is 0 Å². The molecule has 22 heavy (non-hydrogen) atoms. The number of hydrogen-bond acceptors (Lipinski definition) is 3. The molecule has 2 N–H and O–H groups in total. The Morgan fingerprint density at radius 2 is 2.36 bits per heavy atom. The first-order chi connectivity index (χ1) is 10.8. The smallest absolute Gasteiger partial charge is 0.317 e. The van der Waals surface area contributed by atoms with E-state index in [1.807, 2.05) is 18.2 Å². The summed E-state index contributed by atoms with van der Waals surface area (Å²) < 4.78 is 10.6. The highest BCUT2D eigenvalue weighted by molar-refractivity contribution is 5.80. The van der Waals surface area contributed by atoms with Crippen molar-refractivity contribution in [2.75, 3.05) is 33.4 Å². The van der Waals surface area contributed by atoms with Gasteiger partial charge in [-0.05, 0) is 17.5 Å². The van der Waals surface area contributed by atoms with Crippen LogP contribution in [-0.2, 0) is 16.0 Å². The van der Waals surface area contributed by atoms with Crippen molar-refractivity contribution in [1.82, 2.24) is 15.2 Å². The third-order valence-corrected chi connectivity index (χ3v) is 3.79. The second kappa shape index (κ2) is 6.81. The quantitative estimate of drug-likeness (QED) is 0.904. The number of rotatable bonds is 4. The highest BCUT2D eigenvalue weighted by Gasteiger charge is 2.23. The largest absolute Gasteiger partial charge is 0.382 e. The minimum atomic E-state index is -0.0666. The second-order valence-electron chi connectivity index (χ2n) is 5.43. The lowest BCUT2D eigenvalue weighted by Gasteiger charge is -2.32. The van der Waals surface area contributed by atoms with Crippen LogP contribution < -0.4 is 5.32 Å². The van der Waals surface area contributed by atoms with Crippen molar-refractivity contribution in [2.24, 2.45) is 0 Å². The number of carbonyl (C=O) groups excluding carboxylic acids is 1. The molecular weight excluding hydrogens is 282 g/mol. The van der Waals surface area contributed by atoms with E-state index in [9.17, 15) is 4.79 Å². The lowest BCUT2D eigenvalue weighted by atomic mass is 10.2. The van der Waals surface area contributed by atoms with Gasteiger partial charge < -0.3 is 24.7 Å². The summed E-state index contributed by atoms with van der Waals surface area (Å²) in [5, 5.41) is 4.10. The fraction of sp³-hybridized carbons (Fsp3) is 0.438. The van der Waals surface area contributed by atoms with Gasteiger partial charge in [0, 0.05) is 24.9 Å². The Hall–Kier alpha value is -2.05. The van der Waals surface area contributed by atoms with Gasteiger partial charge in [-0.15, -0.1) is 0 Å². The molecule has 6 heteroatoms. The van der Waals surface area contributed by atoms with Crippen LogP contribution in [0, 0.1) is 0 Å². The Morgan fingerprint density at radius 3 is 3.18 bits per heavy atom. The number of ether oxygens (including phenoxy) is 2. The van der Waals surface area contributed by atoms with Gasteiger partial charge in [0.05, 0.1) is 32.4 Å². The van der Waals surface area contributed by atoms with Gasteiger partial charge in [-0.2, -0.15) is 0 Å². The molecule has 1 unspecified atom stereocenters. The van der Waals surface area contributed by atoms with Crippen LogP contribution in [0.4, 0.5) is 4.79 Å². The molecular formula is C16H21N3O3. The molecule has 118 valence electrons. The fourth-order valence-electron chi connectivity index (χ4n) is 2.70. The summed E-state index contributed by atoms with van der Waals surface area (Å²) in [7, 11) is 1.64. The number of morpholine rings is 1. The lowest BCUT2D eigenvalue weighted by molar-refractivity contribution is -0.0494. The van der Waals surface area contributed by atoms with Gasteiger partial charge in [0.25, 0.3) is 0 Å². The van der Waals surface area contributed by atoms with Crippen molar-refractivity contribution in [3.63, 3.8) is 0 Å². The van der Waals surface area contributed by atoms with Crippen LogP contribution in [0.1, 0.15) is 5.69 Å². The van der Waals surface area contributed by atoms with Crippen molar-refractivity contribution in [1.29, 1.82) is 0 Å². The SMILES string of the molecule is COCC1CN(C(=O)NCc2cc3ccccc3[nH]2)CCO1. The van der Waals surface area contributed by atoms with E-state index in [1.165, 1.54) is 0 Å². The molecule has 1 atom stereocenters. The van der Waals surface area contributed by atoms with Crippen LogP contribution >= 0.6 is 0 Å². The zero-order valence-electron chi connectivity index (χ0n) is 12.7. The van der Waals surface area contributed by atoms with E-state index in [2.05, 4.69) is 22.4 Å². The van der Waals surface area contributed by atoms with Crippen LogP contribution in [0.5, 0.6) is 0 Å². The summed E-state index contributed by atoms with van der Waals surface area (Å²) in [6, 6.07) is 10.1. The molecule has 0 saturated carbocycles. The zero-order chi connectivity index (χ0) is 15.4. The van der Waals surface area contributed by atoms with Crippen LogP contribution in [0.15, 0.2) is 30.3 Å². The van der Waals surface area contributed by atoms with E-state index in [0.717, 1.165) is 16.6 Å². The van der Waals surface area contributed by atoms with Gasteiger partial charge >= 0.3 is 6.03 Å². The molecule has 6 nitrogen and oxygen atoms in total. The number of hydrogen-bond donors (Lipinski definition) is 2. The van der Waals surface area contributed by atoms with Crippen LogP contribution in [0.3, 0.4) is 0 Å². The molecule has 1 aromatic carbocycles. The van der Waals surface area contributed by atoms with Crippen LogP contribution in [0.2, 0.25) is 0 Å². The lowest BCUT2D eigenvalue weighted by Crippen LogP contribution is -2.50. The Morgan fingerprint density at radius 1 is 1.50 bits per heavy atom. The number of nitrogens with zero attached hydrogens (tertiary/aromatic N) is 1. The fourth-order valence-corrected chi connectivity index (χ4v) is 2.70. The molecule has 0 bridgehead atoms. The topological polar surface area (TPSA) is 66.6 Å². The Labute approximate surface area is 129 Å². The number of nitrogens with one attached hydrogen (secondary N) is 2.